The number of amides is 3. The summed E-state index contributed by atoms with van der Waals surface area (Å²) in [4.78, 5) is 42.8. The van der Waals surface area contributed by atoms with Gasteiger partial charge in [0.1, 0.15) is 22.7 Å². The largest absolute Gasteiger partial charge is 0.455 e. The Morgan fingerprint density at radius 1 is 0.925 bits per heavy atom. The van der Waals surface area contributed by atoms with Gasteiger partial charge in [-0.15, -0.1) is 11.3 Å². The van der Waals surface area contributed by atoms with Crippen molar-refractivity contribution in [2.24, 2.45) is 0 Å². The number of aromatic nitrogens is 1. The van der Waals surface area contributed by atoms with Gasteiger partial charge in [-0.2, -0.15) is 0 Å². The number of hydrogen-bond acceptors (Lipinski definition) is 6. The molecule has 0 aliphatic rings. The number of halogens is 1. The smallest absolute Gasteiger partial charge is 0.255 e. The van der Waals surface area contributed by atoms with Gasteiger partial charge in [0.25, 0.3) is 17.7 Å². The van der Waals surface area contributed by atoms with Gasteiger partial charge >= 0.3 is 0 Å². The first-order chi connectivity index (χ1) is 19.2. The molecule has 0 fully saturated rings. The van der Waals surface area contributed by atoms with Crippen LogP contribution in [0.4, 0.5) is 9.52 Å². The summed E-state index contributed by atoms with van der Waals surface area (Å²) in [6.07, 6.45) is 1.58. The maximum Gasteiger partial charge on any atom is 0.255 e. The number of anilines is 1. The van der Waals surface area contributed by atoms with Crippen molar-refractivity contribution in [1.29, 1.82) is 0 Å². The number of furan rings is 1. The fourth-order valence-corrected chi connectivity index (χ4v) is 4.75. The molecule has 2 heterocycles. The number of fused-ring (bicyclic) bond motifs is 1. The number of benzene rings is 3. The third-order valence-electron chi connectivity index (χ3n) is 6.35. The molecule has 2 aromatic heterocycles. The zero-order valence-corrected chi connectivity index (χ0v) is 22.7. The van der Waals surface area contributed by atoms with Crippen LogP contribution >= 0.6 is 11.3 Å². The third-order valence-corrected chi connectivity index (χ3v) is 7.04. The van der Waals surface area contributed by atoms with Gasteiger partial charge in [-0.1, -0.05) is 18.2 Å². The van der Waals surface area contributed by atoms with E-state index >= 15 is 0 Å². The molecule has 3 N–H and O–H groups in total. The van der Waals surface area contributed by atoms with Crippen molar-refractivity contribution in [3.63, 3.8) is 0 Å². The summed E-state index contributed by atoms with van der Waals surface area (Å²) >= 11 is 1.29. The SMILES string of the molecule is CNC(=O)c1c(-c2ccc(F)cc2)oc2ccc(-c3cccc(C(=O)NC(C)(C)C(=O)Nc4nccs4)c3)cc12. The molecule has 0 radical (unpaired) electrons. The average molecular weight is 557 g/mol. The highest BCUT2D eigenvalue weighted by molar-refractivity contribution is 7.13. The van der Waals surface area contributed by atoms with Gasteiger partial charge < -0.3 is 15.1 Å². The summed E-state index contributed by atoms with van der Waals surface area (Å²) in [5.41, 5.74) is 2.02. The van der Waals surface area contributed by atoms with Crippen LogP contribution in [-0.2, 0) is 4.79 Å². The Kier molecular flexibility index (Phi) is 7.19. The van der Waals surface area contributed by atoms with E-state index in [9.17, 15) is 18.8 Å². The predicted octanol–water partition coefficient (Wildman–Crippen LogP) is 5.87. The van der Waals surface area contributed by atoms with Crippen molar-refractivity contribution < 1.29 is 23.2 Å². The normalized spacial score (nSPS) is 11.3. The fourth-order valence-electron chi connectivity index (χ4n) is 4.22. The summed E-state index contributed by atoms with van der Waals surface area (Å²) in [6.45, 7) is 3.23. The van der Waals surface area contributed by atoms with Crippen LogP contribution in [-0.4, -0.2) is 35.3 Å². The van der Waals surface area contributed by atoms with E-state index in [2.05, 4.69) is 20.9 Å². The topological polar surface area (TPSA) is 113 Å². The molecule has 202 valence electrons. The van der Waals surface area contributed by atoms with Crippen molar-refractivity contribution in [3.05, 3.63) is 95.3 Å². The van der Waals surface area contributed by atoms with Gasteiger partial charge in [-0.3, -0.25) is 19.7 Å². The zero-order chi connectivity index (χ0) is 28.4. The number of carbonyl (C=O) groups excluding carboxylic acids is 3. The number of rotatable bonds is 7. The quantitative estimate of drug-likeness (QED) is 0.232. The Labute approximate surface area is 233 Å². The number of nitrogens with one attached hydrogen (secondary N) is 3. The average Bonchev–Trinajstić information content (AvgIpc) is 3.60. The highest BCUT2D eigenvalue weighted by Crippen LogP contribution is 2.36. The molecule has 40 heavy (non-hydrogen) atoms. The van der Waals surface area contributed by atoms with Gasteiger partial charge in [0.15, 0.2) is 5.13 Å². The molecule has 0 aliphatic heterocycles. The van der Waals surface area contributed by atoms with Crippen LogP contribution in [0.2, 0.25) is 0 Å². The Bertz CT molecular complexity index is 1730. The second kappa shape index (κ2) is 10.7. The van der Waals surface area contributed by atoms with E-state index in [4.69, 9.17) is 4.42 Å². The van der Waals surface area contributed by atoms with E-state index in [0.717, 1.165) is 11.1 Å². The molecule has 10 heteroatoms. The lowest BCUT2D eigenvalue weighted by Gasteiger charge is -2.24. The van der Waals surface area contributed by atoms with Crippen LogP contribution in [0.3, 0.4) is 0 Å². The minimum absolute atomic E-state index is 0.327. The first-order valence-electron chi connectivity index (χ1n) is 12.3. The van der Waals surface area contributed by atoms with Crippen LogP contribution < -0.4 is 16.0 Å². The molecule has 0 spiro atoms. The zero-order valence-electron chi connectivity index (χ0n) is 21.9. The van der Waals surface area contributed by atoms with E-state index in [1.807, 2.05) is 18.2 Å². The molecule has 0 unspecified atom stereocenters. The minimum Gasteiger partial charge on any atom is -0.455 e. The Morgan fingerprint density at radius 3 is 2.35 bits per heavy atom. The van der Waals surface area contributed by atoms with Gasteiger partial charge in [-0.05, 0) is 73.5 Å². The molecule has 0 aliphatic carbocycles. The number of hydrogen-bond donors (Lipinski definition) is 3. The van der Waals surface area contributed by atoms with Crippen LogP contribution in [0, 0.1) is 5.82 Å². The molecule has 0 saturated heterocycles. The van der Waals surface area contributed by atoms with E-state index in [-0.39, 0.29) is 5.91 Å². The van der Waals surface area contributed by atoms with Gasteiger partial charge in [-0.25, -0.2) is 9.37 Å². The Morgan fingerprint density at radius 2 is 1.65 bits per heavy atom. The second-order valence-corrected chi connectivity index (χ2v) is 10.4. The van der Waals surface area contributed by atoms with Crippen LogP contribution in [0.5, 0.6) is 0 Å². The van der Waals surface area contributed by atoms with E-state index in [1.54, 1.807) is 61.8 Å². The van der Waals surface area contributed by atoms with Gasteiger partial charge in [0.2, 0.25) is 0 Å². The number of thiazole rings is 1. The van der Waals surface area contributed by atoms with E-state index in [1.165, 1.54) is 30.5 Å². The molecular formula is C30H25FN4O4S. The Balaban J connectivity index is 1.45. The van der Waals surface area contributed by atoms with Gasteiger partial charge in [0, 0.05) is 35.1 Å². The number of nitrogens with zero attached hydrogens (tertiary/aromatic N) is 1. The number of carbonyl (C=O) groups is 3. The summed E-state index contributed by atoms with van der Waals surface area (Å²) in [7, 11) is 1.53. The summed E-state index contributed by atoms with van der Waals surface area (Å²) in [5.74, 6) is -1.22. The molecule has 5 rings (SSSR count). The lowest BCUT2D eigenvalue weighted by atomic mass is 9.98. The van der Waals surface area contributed by atoms with Crippen molar-refractivity contribution in [1.82, 2.24) is 15.6 Å². The van der Waals surface area contributed by atoms with E-state index < -0.39 is 23.2 Å². The van der Waals surface area contributed by atoms with Crippen molar-refractivity contribution in [2.45, 2.75) is 19.4 Å². The van der Waals surface area contributed by atoms with Crippen molar-refractivity contribution in [2.75, 3.05) is 12.4 Å². The molecule has 3 aromatic carbocycles. The summed E-state index contributed by atoms with van der Waals surface area (Å²) < 4.78 is 19.5. The lowest BCUT2D eigenvalue weighted by Crippen LogP contribution is -2.52. The molecule has 0 atom stereocenters. The lowest BCUT2D eigenvalue weighted by molar-refractivity contribution is -0.120. The standard InChI is InChI=1S/C30H25FN4O4S/c1-30(2,28(38)34-29-33-13-14-40-29)35-26(36)20-6-4-5-18(15-20)19-9-12-23-22(16-19)24(27(37)32-3)25(39-23)17-7-10-21(31)11-8-17/h4-16H,1-3H3,(H,32,37)(H,35,36)(H,33,34,38). The highest BCUT2D eigenvalue weighted by atomic mass is 32.1. The van der Waals surface area contributed by atoms with Crippen LogP contribution in [0.15, 0.2) is 82.7 Å². The van der Waals surface area contributed by atoms with E-state index in [0.29, 0.717) is 38.6 Å². The van der Waals surface area contributed by atoms with Crippen LogP contribution in [0.25, 0.3) is 33.4 Å². The fraction of sp³-hybridized carbons (Fsp3) is 0.133. The molecule has 5 aromatic rings. The maximum absolute atomic E-state index is 13.5. The monoisotopic (exact) mass is 556 g/mol. The molecular weight excluding hydrogens is 531 g/mol. The Hall–Kier alpha value is -4.83. The second-order valence-electron chi connectivity index (χ2n) is 9.55. The maximum atomic E-state index is 13.5. The summed E-state index contributed by atoms with van der Waals surface area (Å²) in [5, 5.41) is 10.9. The minimum atomic E-state index is -1.20. The third kappa shape index (κ3) is 5.34. The highest BCUT2D eigenvalue weighted by Gasteiger charge is 2.30. The molecule has 0 bridgehead atoms. The predicted molar refractivity (Wildman–Crippen MR) is 153 cm³/mol. The van der Waals surface area contributed by atoms with Crippen LogP contribution in [0.1, 0.15) is 34.6 Å². The van der Waals surface area contributed by atoms with Crippen molar-refractivity contribution >= 4 is 45.2 Å². The summed E-state index contributed by atoms with van der Waals surface area (Å²) in [6, 6.07) is 18.1. The molecule has 3 amide bonds. The first kappa shape index (κ1) is 26.8. The molecule has 0 saturated carbocycles. The molecule has 8 nitrogen and oxygen atoms in total. The van der Waals surface area contributed by atoms with Crippen molar-refractivity contribution in [3.8, 4) is 22.5 Å². The first-order valence-corrected chi connectivity index (χ1v) is 13.2. The van der Waals surface area contributed by atoms with Gasteiger partial charge in [0.05, 0.1) is 5.56 Å².